The molecule has 1 aliphatic heterocycles. The van der Waals surface area contributed by atoms with Crippen molar-refractivity contribution in [3.63, 3.8) is 0 Å². The van der Waals surface area contributed by atoms with Gasteiger partial charge in [-0.2, -0.15) is 4.31 Å². The van der Waals surface area contributed by atoms with Gasteiger partial charge in [-0.25, -0.2) is 13.4 Å². The SMILES string of the molecule is Cc1cc(Cl)cc2sc(N(Cc3ccccc3)C(=O)c3ccc(S(=O)(=O)N4CCc5ccccc5C4)cc3)nc12. The van der Waals surface area contributed by atoms with Crippen molar-refractivity contribution in [1.29, 1.82) is 0 Å². The summed E-state index contributed by atoms with van der Waals surface area (Å²) < 4.78 is 29.3. The van der Waals surface area contributed by atoms with E-state index in [0.717, 1.165) is 26.9 Å². The quantitative estimate of drug-likeness (QED) is 0.218. The maximum Gasteiger partial charge on any atom is 0.260 e. The molecule has 0 radical (unpaired) electrons. The third kappa shape index (κ3) is 5.15. The van der Waals surface area contributed by atoms with Crippen LogP contribution < -0.4 is 4.90 Å². The number of rotatable bonds is 6. The molecule has 1 aromatic heterocycles. The Bertz CT molecular complexity index is 1820. The van der Waals surface area contributed by atoms with Gasteiger partial charge in [0.1, 0.15) is 0 Å². The first-order chi connectivity index (χ1) is 19.3. The standard InChI is InChI=1S/C31H26ClN3O3S2/c1-21-17-26(32)18-28-29(21)33-31(39-28)35(19-22-7-3-2-4-8-22)30(36)24-11-13-27(14-12-24)40(37,38)34-16-15-23-9-5-6-10-25(23)20-34/h2-14,17-18H,15-16,19-20H2,1H3. The molecule has 0 aliphatic carbocycles. The number of halogens is 1. The van der Waals surface area contributed by atoms with Crippen LogP contribution in [0, 0.1) is 6.92 Å². The Morgan fingerprint density at radius 2 is 1.68 bits per heavy atom. The van der Waals surface area contributed by atoms with Gasteiger partial charge in [0.05, 0.1) is 21.7 Å². The molecule has 40 heavy (non-hydrogen) atoms. The fraction of sp³-hybridized carbons (Fsp3) is 0.161. The van der Waals surface area contributed by atoms with Gasteiger partial charge < -0.3 is 0 Å². The Labute approximate surface area is 242 Å². The molecular weight excluding hydrogens is 562 g/mol. The number of amides is 1. The van der Waals surface area contributed by atoms with Crippen molar-refractivity contribution in [1.82, 2.24) is 9.29 Å². The van der Waals surface area contributed by atoms with E-state index < -0.39 is 10.0 Å². The fourth-order valence-electron chi connectivity index (χ4n) is 5.00. The molecule has 1 amide bonds. The molecule has 0 saturated heterocycles. The smallest absolute Gasteiger partial charge is 0.260 e. The molecule has 9 heteroatoms. The molecule has 0 spiro atoms. The second-order valence-electron chi connectivity index (χ2n) is 9.82. The molecule has 202 valence electrons. The molecule has 1 aliphatic rings. The van der Waals surface area contributed by atoms with Gasteiger partial charge in [-0.3, -0.25) is 9.69 Å². The summed E-state index contributed by atoms with van der Waals surface area (Å²) in [4.78, 5) is 20.5. The van der Waals surface area contributed by atoms with Gasteiger partial charge in [0.25, 0.3) is 5.91 Å². The van der Waals surface area contributed by atoms with Gasteiger partial charge in [-0.05, 0) is 72.0 Å². The van der Waals surface area contributed by atoms with Crippen LogP contribution in [0.15, 0.2) is 95.9 Å². The Kier molecular flexibility index (Phi) is 7.18. The van der Waals surface area contributed by atoms with E-state index in [9.17, 15) is 13.2 Å². The molecule has 5 aromatic rings. The van der Waals surface area contributed by atoms with E-state index in [4.69, 9.17) is 16.6 Å². The normalized spacial score (nSPS) is 13.8. The second kappa shape index (κ2) is 10.8. The predicted octanol–water partition coefficient (Wildman–Crippen LogP) is 6.85. The zero-order chi connectivity index (χ0) is 27.9. The maximum atomic E-state index is 13.9. The van der Waals surface area contributed by atoms with Crippen molar-refractivity contribution < 1.29 is 13.2 Å². The first kappa shape index (κ1) is 26.7. The highest BCUT2D eigenvalue weighted by atomic mass is 35.5. The number of thiazole rings is 1. The maximum absolute atomic E-state index is 13.9. The molecule has 0 N–H and O–H groups in total. The van der Waals surface area contributed by atoms with Crippen molar-refractivity contribution in [3.05, 3.63) is 124 Å². The van der Waals surface area contributed by atoms with Gasteiger partial charge >= 0.3 is 0 Å². The Morgan fingerprint density at radius 1 is 0.975 bits per heavy atom. The second-order valence-corrected chi connectivity index (χ2v) is 13.2. The topological polar surface area (TPSA) is 70.6 Å². The highest BCUT2D eigenvalue weighted by Gasteiger charge is 2.29. The minimum absolute atomic E-state index is 0.170. The van der Waals surface area contributed by atoms with Gasteiger partial charge in [0.15, 0.2) is 5.13 Å². The molecule has 4 aromatic carbocycles. The summed E-state index contributed by atoms with van der Waals surface area (Å²) in [5.74, 6) is -0.262. The zero-order valence-corrected chi connectivity index (χ0v) is 24.1. The number of carbonyl (C=O) groups excluding carboxylic acids is 1. The molecule has 6 rings (SSSR count). The number of nitrogens with zero attached hydrogens (tertiary/aromatic N) is 3. The van der Waals surface area contributed by atoms with Crippen molar-refractivity contribution in [2.75, 3.05) is 11.4 Å². The van der Waals surface area contributed by atoms with E-state index in [0.29, 0.717) is 41.8 Å². The van der Waals surface area contributed by atoms with Crippen LogP contribution in [0.4, 0.5) is 5.13 Å². The average molecular weight is 588 g/mol. The van der Waals surface area contributed by atoms with Crippen molar-refractivity contribution in [2.45, 2.75) is 31.3 Å². The lowest BCUT2D eigenvalue weighted by Crippen LogP contribution is -2.36. The van der Waals surface area contributed by atoms with Crippen LogP contribution in [0.25, 0.3) is 10.2 Å². The molecule has 0 unspecified atom stereocenters. The van der Waals surface area contributed by atoms with E-state index in [2.05, 4.69) is 0 Å². The number of aromatic nitrogens is 1. The monoisotopic (exact) mass is 587 g/mol. The summed E-state index contributed by atoms with van der Waals surface area (Å²) in [7, 11) is -3.71. The highest BCUT2D eigenvalue weighted by Crippen LogP contribution is 2.34. The van der Waals surface area contributed by atoms with Crippen molar-refractivity contribution in [2.24, 2.45) is 0 Å². The Hall–Kier alpha value is -3.56. The number of aryl methyl sites for hydroxylation is 1. The molecule has 0 saturated carbocycles. The van der Waals surface area contributed by atoms with E-state index in [-0.39, 0.29) is 10.8 Å². The van der Waals surface area contributed by atoms with E-state index >= 15 is 0 Å². The average Bonchev–Trinajstić information content (AvgIpc) is 3.40. The van der Waals surface area contributed by atoms with E-state index in [1.165, 1.54) is 33.3 Å². The van der Waals surface area contributed by atoms with Crippen LogP contribution in [0.5, 0.6) is 0 Å². The molecule has 0 bridgehead atoms. The third-order valence-electron chi connectivity index (χ3n) is 7.13. The van der Waals surface area contributed by atoms with Crippen LogP contribution >= 0.6 is 22.9 Å². The lowest BCUT2D eigenvalue weighted by molar-refractivity contribution is 0.0985. The number of hydrogen-bond donors (Lipinski definition) is 0. The summed E-state index contributed by atoms with van der Waals surface area (Å²) in [5, 5.41) is 1.17. The van der Waals surface area contributed by atoms with Crippen LogP contribution in [0.3, 0.4) is 0 Å². The first-order valence-electron chi connectivity index (χ1n) is 12.9. The van der Waals surface area contributed by atoms with E-state index in [1.54, 1.807) is 17.0 Å². The van der Waals surface area contributed by atoms with Crippen LogP contribution in [0.2, 0.25) is 5.02 Å². The third-order valence-corrected chi connectivity index (χ3v) is 10.2. The summed E-state index contributed by atoms with van der Waals surface area (Å²) in [6.07, 6.45) is 0.674. The highest BCUT2D eigenvalue weighted by molar-refractivity contribution is 7.89. The number of carbonyl (C=O) groups is 1. The number of hydrogen-bond acceptors (Lipinski definition) is 5. The zero-order valence-electron chi connectivity index (χ0n) is 21.7. The van der Waals surface area contributed by atoms with Crippen molar-refractivity contribution in [3.8, 4) is 0 Å². The van der Waals surface area contributed by atoms with Gasteiger partial charge in [0, 0.05) is 23.7 Å². The van der Waals surface area contributed by atoms with Gasteiger partial charge in [0.2, 0.25) is 10.0 Å². The number of fused-ring (bicyclic) bond motifs is 2. The minimum Gasteiger partial charge on any atom is -0.279 e. The first-order valence-corrected chi connectivity index (χ1v) is 15.5. The largest absolute Gasteiger partial charge is 0.279 e. The summed E-state index contributed by atoms with van der Waals surface area (Å²) >= 11 is 7.68. The molecular formula is C31H26ClN3O3S2. The molecule has 0 atom stereocenters. The number of anilines is 1. The molecule has 2 heterocycles. The lowest BCUT2D eigenvalue weighted by Gasteiger charge is -2.28. The van der Waals surface area contributed by atoms with Crippen LogP contribution in [-0.4, -0.2) is 30.2 Å². The molecule has 6 nitrogen and oxygen atoms in total. The summed E-state index contributed by atoms with van der Waals surface area (Å²) in [5.41, 5.74) is 5.28. The summed E-state index contributed by atoms with van der Waals surface area (Å²) in [6.45, 7) is 3.03. The minimum atomic E-state index is -3.71. The van der Waals surface area contributed by atoms with Crippen molar-refractivity contribution >= 4 is 54.2 Å². The van der Waals surface area contributed by atoms with Gasteiger partial charge in [-0.15, -0.1) is 0 Å². The Morgan fingerprint density at radius 3 is 2.42 bits per heavy atom. The number of benzene rings is 4. The van der Waals surface area contributed by atoms with Crippen LogP contribution in [0.1, 0.15) is 32.6 Å². The summed E-state index contributed by atoms with van der Waals surface area (Å²) in [6, 6.07) is 27.5. The predicted molar refractivity (Wildman–Crippen MR) is 161 cm³/mol. The van der Waals surface area contributed by atoms with Gasteiger partial charge in [-0.1, -0.05) is 77.5 Å². The fourth-order valence-corrected chi connectivity index (χ4v) is 7.84. The molecule has 0 fully saturated rings. The van der Waals surface area contributed by atoms with Crippen LogP contribution in [-0.2, 0) is 29.5 Å². The Balaban J connectivity index is 1.30. The van der Waals surface area contributed by atoms with E-state index in [1.807, 2.05) is 73.7 Å². The number of sulfonamides is 1. The lowest BCUT2D eigenvalue weighted by atomic mass is 10.0.